The molecule has 1 aromatic carbocycles. The molecule has 2 fully saturated rings. The Hall–Kier alpha value is -2.54. The predicted molar refractivity (Wildman–Crippen MR) is 154 cm³/mol. The van der Waals surface area contributed by atoms with Crippen molar-refractivity contribution in [2.45, 2.75) is 101 Å². The number of carbonyl (C=O) groups excluding carboxylic acids is 2. The van der Waals surface area contributed by atoms with Gasteiger partial charge in [-0.25, -0.2) is 22.9 Å². The molecule has 1 saturated carbocycles. The van der Waals surface area contributed by atoms with Crippen LogP contribution < -0.4 is 15.4 Å². The number of nitrogens with one attached hydrogen (secondary N) is 3. The van der Waals surface area contributed by atoms with Gasteiger partial charge in [0.25, 0.3) is 0 Å². The zero-order valence-corrected chi connectivity index (χ0v) is 25.4. The quantitative estimate of drug-likeness (QED) is 0.399. The lowest BCUT2D eigenvalue weighted by atomic mass is 9.86. The van der Waals surface area contributed by atoms with Crippen LogP contribution in [0.4, 0.5) is 4.79 Å². The maximum Gasteiger partial charge on any atom is 0.407 e. The third kappa shape index (κ3) is 8.25. The molecule has 0 unspecified atom stereocenters. The van der Waals surface area contributed by atoms with Gasteiger partial charge < -0.3 is 20.1 Å². The van der Waals surface area contributed by atoms with E-state index in [1.807, 2.05) is 13.8 Å². The van der Waals surface area contributed by atoms with Crippen molar-refractivity contribution in [1.82, 2.24) is 20.3 Å². The van der Waals surface area contributed by atoms with Crippen molar-refractivity contribution in [2.24, 2.45) is 0 Å². The molecule has 1 aliphatic heterocycles. The van der Waals surface area contributed by atoms with E-state index in [0.29, 0.717) is 24.3 Å². The average Bonchev–Trinajstić information content (AvgIpc) is 3.30. The van der Waals surface area contributed by atoms with Crippen LogP contribution in [-0.2, 0) is 30.7 Å². The van der Waals surface area contributed by atoms with Crippen molar-refractivity contribution in [3.63, 3.8) is 0 Å². The summed E-state index contributed by atoms with van der Waals surface area (Å²) in [4.78, 5) is 30.0. The summed E-state index contributed by atoms with van der Waals surface area (Å²) in [5, 5.41) is 6.76. The Morgan fingerprint density at radius 1 is 1.15 bits per heavy atom. The topological polar surface area (TPSA) is 136 Å². The zero-order chi connectivity index (χ0) is 29.1. The molecule has 2 heterocycles. The van der Waals surface area contributed by atoms with Gasteiger partial charge in [-0.05, 0) is 71.9 Å². The fourth-order valence-electron chi connectivity index (χ4n) is 4.84. The van der Waals surface area contributed by atoms with E-state index in [1.54, 1.807) is 45.2 Å². The van der Waals surface area contributed by atoms with Gasteiger partial charge in [-0.3, -0.25) is 4.79 Å². The number of benzene rings is 1. The number of thiazole rings is 1. The lowest BCUT2D eigenvalue weighted by Gasteiger charge is -2.30. The molecule has 1 saturated heterocycles. The first-order valence-electron chi connectivity index (χ1n) is 13.8. The molecule has 10 nitrogen and oxygen atoms in total. The minimum Gasteiger partial charge on any atom is -0.441 e. The molecule has 0 spiro atoms. The van der Waals surface area contributed by atoms with Crippen molar-refractivity contribution >= 4 is 33.4 Å². The van der Waals surface area contributed by atoms with Crippen LogP contribution in [-0.4, -0.2) is 62.3 Å². The maximum absolute atomic E-state index is 13.5. The van der Waals surface area contributed by atoms with Crippen LogP contribution in [0.15, 0.2) is 29.3 Å². The second-order valence-corrected chi connectivity index (χ2v) is 14.6. The van der Waals surface area contributed by atoms with Gasteiger partial charge in [0, 0.05) is 35.3 Å². The third-order valence-electron chi connectivity index (χ3n) is 6.66. The number of carbonyl (C=O) groups is 2. The summed E-state index contributed by atoms with van der Waals surface area (Å²) >= 11 is 1.49. The van der Waals surface area contributed by atoms with Gasteiger partial charge in [0.05, 0.1) is 34.4 Å². The molecular weight excluding hydrogens is 552 g/mol. The number of alkyl carbamates (subject to hydrolysis) is 1. The maximum atomic E-state index is 13.5. The molecule has 3 N–H and O–H groups in total. The molecule has 0 bridgehead atoms. The van der Waals surface area contributed by atoms with E-state index in [0.717, 1.165) is 35.6 Å². The molecule has 1 aromatic heterocycles. The molecule has 4 rings (SSSR count). The highest BCUT2D eigenvalue weighted by Crippen LogP contribution is 2.39. The van der Waals surface area contributed by atoms with Gasteiger partial charge >= 0.3 is 6.09 Å². The van der Waals surface area contributed by atoms with E-state index < -0.39 is 21.7 Å². The van der Waals surface area contributed by atoms with Crippen molar-refractivity contribution in [2.75, 3.05) is 13.2 Å². The highest BCUT2D eigenvalue weighted by Gasteiger charge is 2.30. The highest BCUT2D eigenvalue weighted by atomic mass is 32.2. The van der Waals surface area contributed by atoms with Gasteiger partial charge in [-0.15, -0.1) is 11.3 Å². The van der Waals surface area contributed by atoms with Gasteiger partial charge in [0.1, 0.15) is 0 Å². The van der Waals surface area contributed by atoms with Gasteiger partial charge in [0.2, 0.25) is 15.9 Å². The minimum atomic E-state index is -3.88. The number of hydrogen-bond donors (Lipinski definition) is 3. The number of rotatable bonds is 9. The Morgan fingerprint density at radius 3 is 2.45 bits per heavy atom. The summed E-state index contributed by atoms with van der Waals surface area (Å²) in [6.07, 6.45) is 4.65. The summed E-state index contributed by atoms with van der Waals surface area (Å²) in [7, 11) is -3.88. The molecule has 0 atom stereocenters. The van der Waals surface area contributed by atoms with E-state index in [9.17, 15) is 18.0 Å². The van der Waals surface area contributed by atoms with E-state index in [4.69, 9.17) is 9.47 Å². The second kappa shape index (κ2) is 12.5. The van der Waals surface area contributed by atoms with Crippen LogP contribution in [0.25, 0.3) is 10.4 Å². The number of amides is 2. The number of aromatic nitrogens is 1. The molecular formula is C28H40N4O6S2. The Labute approximate surface area is 240 Å². The highest BCUT2D eigenvalue weighted by molar-refractivity contribution is 7.89. The first kappa shape index (κ1) is 30.4. The van der Waals surface area contributed by atoms with Gasteiger partial charge in [-0.1, -0.05) is 12.1 Å². The second-order valence-electron chi connectivity index (χ2n) is 11.9. The van der Waals surface area contributed by atoms with Crippen LogP contribution in [0.2, 0.25) is 0 Å². The largest absolute Gasteiger partial charge is 0.441 e. The van der Waals surface area contributed by atoms with E-state index >= 15 is 0 Å². The van der Waals surface area contributed by atoms with Crippen LogP contribution in [0.3, 0.4) is 0 Å². The Balaban J connectivity index is 1.49. The van der Waals surface area contributed by atoms with Crippen LogP contribution in [0.5, 0.6) is 0 Å². The number of ether oxygens (including phenoxy) is 2. The zero-order valence-electron chi connectivity index (χ0n) is 23.8. The van der Waals surface area contributed by atoms with Gasteiger partial charge in [0.15, 0.2) is 6.10 Å². The van der Waals surface area contributed by atoms with Crippen molar-refractivity contribution in [3.05, 3.63) is 35.0 Å². The minimum absolute atomic E-state index is 0.00440. The Kier molecular flexibility index (Phi) is 9.54. The summed E-state index contributed by atoms with van der Waals surface area (Å²) in [5.74, 6) is 0.0741. The molecule has 0 radical (unpaired) electrons. The predicted octanol–water partition coefficient (Wildman–Crippen LogP) is 4.11. The standard InChI is InChI=1S/C28H40N4O6S2/c1-17(2)30-25(33)13-18-6-11-22(24(12-18)40(35,36)32-28(3,4)5)23-14-29-26(39-23)19-7-9-20(10-8-19)31-27(34)38-21-15-37-16-21/h6,11-12,14,17,19-21,32H,7-10,13,15-16H2,1-5H3,(H,30,33)(H,31,34). The van der Waals surface area contributed by atoms with Crippen LogP contribution in [0, 0.1) is 0 Å². The van der Waals surface area contributed by atoms with E-state index in [2.05, 4.69) is 20.3 Å². The monoisotopic (exact) mass is 592 g/mol. The van der Waals surface area contributed by atoms with Crippen molar-refractivity contribution < 1.29 is 27.5 Å². The summed E-state index contributed by atoms with van der Waals surface area (Å²) in [5.41, 5.74) is 0.506. The summed E-state index contributed by atoms with van der Waals surface area (Å²) < 4.78 is 40.1. The number of nitrogens with zero attached hydrogens (tertiary/aromatic N) is 1. The molecule has 1 aliphatic carbocycles. The normalized spacial score (nSPS) is 20.1. The number of sulfonamides is 1. The fourth-order valence-corrected chi connectivity index (χ4v) is 7.72. The summed E-state index contributed by atoms with van der Waals surface area (Å²) in [6, 6.07) is 5.22. The van der Waals surface area contributed by atoms with Crippen molar-refractivity contribution in [3.8, 4) is 10.4 Å². The molecule has 40 heavy (non-hydrogen) atoms. The van der Waals surface area contributed by atoms with Crippen LogP contribution >= 0.6 is 11.3 Å². The molecule has 2 aliphatic rings. The molecule has 2 amide bonds. The summed E-state index contributed by atoms with van der Waals surface area (Å²) in [6.45, 7) is 10.1. The van der Waals surface area contributed by atoms with Crippen LogP contribution in [0.1, 0.15) is 76.8 Å². The lowest BCUT2D eigenvalue weighted by Crippen LogP contribution is -2.44. The first-order chi connectivity index (χ1) is 18.8. The lowest BCUT2D eigenvalue weighted by molar-refractivity contribution is -0.120. The van der Waals surface area contributed by atoms with E-state index in [1.165, 1.54) is 11.3 Å². The molecule has 220 valence electrons. The van der Waals surface area contributed by atoms with E-state index in [-0.39, 0.29) is 41.3 Å². The Morgan fingerprint density at radius 2 is 1.85 bits per heavy atom. The fraction of sp³-hybridized carbons (Fsp3) is 0.607. The Bertz CT molecular complexity index is 1310. The third-order valence-corrected chi connectivity index (χ3v) is 9.65. The SMILES string of the molecule is CC(C)NC(=O)Cc1ccc(-c2cnc(C3CCC(NC(=O)OC4COC4)CC3)s2)c(S(=O)(=O)NC(C)(C)C)c1. The molecule has 2 aromatic rings. The number of hydrogen-bond acceptors (Lipinski definition) is 8. The first-order valence-corrected chi connectivity index (χ1v) is 16.1. The van der Waals surface area contributed by atoms with Crippen molar-refractivity contribution in [1.29, 1.82) is 0 Å². The molecule has 12 heteroatoms. The average molecular weight is 593 g/mol. The smallest absolute Gasteiger partial charge is 0.407 e. The van der Waals surface area contributed by atoms with Gasteiger partial charge in [-0.2, -0.15) is 0 Å².